The Morgan fingerprint density at radius 2 is 1.63 bits per heavy atom. The second kappa shape index (κ2) is 10.1. The average Bonchev–Trinajstić information content (AvgIpc) is 3.25. The van der Waals surface area contributed by atoms with Crippen molar-refractivity contribution in [1.29, 1.82) is 0 Å². The largest absolute Gasteiger partial charge is 0.478 e. The van der Waals surface area contributed by atoms with Crippen molar-refractivity contribution in [1.82, 2.24) is 9.78 Å². The summed E-state index contributed by atoms with van der Waals surface area (Å²) in [5.74, 6) is -2.72. The first-order valence-electron chi connectivity index (χ1n) is 11.7. The van der Waals surface area contributed by atoms with Gasteiger partial charge in [-0.2, -0.15) is 31.4 Å². The number of fused-ring (bicyclic) bond motifs is 1. The Labute approximate surface area is 213 Å². The molecule has 0 saturated heterocycles. The Balaban J connectivity index is 1.71. The van der Waals surface area contributed by atoms with Crippen molar-refractivity contribution in [3.63, 3.8) is 0 Å². The summed E-state index contributed by atoms with van der Waals surface area (Å²) in [5.41, 5.74) is -2.51. The maximum absolute atomic E-state index is 14.0. The van der Waals surface area contributed by atoms with Gasteiger partial charge in [0.05, 0.1) is 16.7 Å². The lowest BCUT2D eigenvalue weighted by Gasteiger charge is -2.31. The number of carbonyl (C=O) groups is 2. The first-order chi connectivity index (χ1) is 17.8. The second-order valence-corrected chi connectivity index (χ2v) is 9.15. The lowest BCUT2D eigenvalue weighted by Crippen LogP contribution is -2.33. The van der Waals surface area contributed by atoms with Crippen LogP contribution in [0.15, 0.2) is 48.5 Å². The number of benzene rings is 2. The van der Waals surface area contributed by atoms with E-state index in [0.29, 0.717) is 12.0 Å². The van der Waals surface area contributed by atoms with Crippen LogP contribution in [0.4, 0.5) is 32.2 Å². The van der Waals surface area contributed by atoms with Crippen molar-refractivity contribution in [2.75, 3.05) is 11.4 Å². The minimum Gasteiger partial charge on any atom is -0.478 e. The smallest absolute Gasteiger partial charge is 0.435 e. The molecule has 3 aromatic rings. The zero-order chi connectivity index (χ0) is 27.8. The number of aromatic carboxylic acids is 1. The Hall–Kier alpha value is -3.83. The topological polar surface area (TPSA) is 75.4 Å². The third-order valence-electron chi connectivity index (χ3n) is 6.47. The third-order valence-corrected chi connectivity index (χ3v) is 6.47. The van der Waals surface area contributed by atoms with Crippen LogP contribution in [0.3, 0.4) is 0 Å². The molecule has 0 radical (unpaired) electrons. The molecule has 2 aromatic carbocycles. The first kappa shape index (κ1) is 27.2. The lowest BCUT2D eigenvalue weighted by atomic mass is 9.92. The van der Waals surface area contributed by atoms with Gasteiger partial charge >= 0.3 is 18.3 Å². The summed E-state index contributed by atoms with van der Waals surface area (Å²) in [5, 5.41) is 12.7. The van der Waals surface area contributed by atoms with Gasteiger partial charge < -0.3 is 10.0 Å². The molecule has 202 valence electrons. The van der Waals surface area contributed by atoms with Crippen LogP contribution < -0.4 is 4.90 Å². The maximum atomic E-state index is 14.0. The normalized spacial score (nSPS) is 14.8. The number of hydrogen-bond donors (Lipinski definition) is 1. The highest BCUT2D eigenvalue weighted by Gasteiger charge is 2.43. The van der Waals surface area contributed by atoms with Gasteiger partial charge in [0, 0.05) is 26.1 Å². The van der Waals surface area contributed by atoms with E-state index in [2.05, 4.69) is 5.10 Å². The van der Waals surface area contributed by atoms with E-state index >= 15 is 0 Å². The molecule has 0 unspecified atom stereocenters. The van der Waals surface area contributed by atoms with Crippen LogP contribution in [-0.4, -0.2) is 33.2 Å². The van der Waals surface area contributed by atoms with E-state index in [1.807, 2.05) is 0 Å². The van der Waals surface area contributed by atoms with Crippen molar-refractivity contribution in [3.05, 3.63) is 82.0 Å². The number of carboxylic acids is 1. The van der Waals surface area contributed by atoms with Gasteiger partial charge in [-0.25, -0.2) is 9.48 Å². The van der Waals surface area contributed by atoms with Crippen molar-refractivity contribution in [2.24, 2.45) is 0 Å². The van der Waals surface area contributed by atoms with E-state index in [1.54, 1.807) is 6.92 Å². The fourth-order valence-corrected chi connectivity index (χ4v) is 4.65. The SMILES string of the molecule is C[C@H](CC(=O)c1c(C(F)(F)F)nn2c1N(Cc1ccccc1C(F)(F)F)CCC2)c1ccc(C(=O)O)cc1. The van der Waals surface area contributed by atoms with Gasteiger partial charge in [-0.1, -0.05) is 37.3 Å². The summed E-state index contributed by atoms with van der Waals surface area (Å²) in [6.07, 6.45) is -9.63. The van der Waals surface area contributed by atoms with E-state index in [4.69, 9.17) is 5.11 Å². The number of aryl methyl sites for hydroxylation is 1. The molecular formula is C26H23F6N3O3. The minimum atomic E-state index is -4.96. The number of carboxylic acid groups (broad SMARTS) is 1. The van der Waals surface area contributed by atoms with Gasteiger partial charge in [-0.05, 0) is 41.7 Å². The summed E-state index contributed by atoms with van der Waals surface area (Å²) in [4.78, 5) is 25.8. The van der Waals surface area contributed by atoms with Gasteiger partial charge in [0.15, 0.2) is 11.5 Å². The van der Waals surface area contributed by atoms with E-state index in [1.165, 1.54) is 47.4 Å². The first-order valence-corrected chi connectivity index (χ1v) is 11.7. The molecule has 0 spiro atoms. The number of alkyl halides is 6. The Morgan fingerprint density at radius 3 is 2.24 bits per heavy atom. The van der Waals surface area contributed by atoms with E-state index < -0.39 is 46.8 Å². The predicted molar refractivity (Wildman–Crippen MR) is 125 cm³/mol. The second-order valence-electron chi connectivity index (χ2n) is 9.15. The molecule has 1 N–H and O–H groups in total. The van der Waals surface area contributed by atoms with Crippen LogP contribution in [0.25, 0.3) is 0 Å². The molecule has 2 heterocycles. The number of aromatic nitrogens is 2. The molecule has 6 nitrogen and oxygen atoms in total. The number of rotatable bonds is 7. The molecule has 0 aliphatic carbocycles. The number of hydrogen-bond acceptors (Lipinski definition) is 4. The minimum absolute atomic E-state index is 0.0205. The average molecular weight is 539 g/mol. The van der Waals surface area contributed by atoms with Crippen LogP contribution >= 0.6 is 0 Å². The summed E-state index contributed by atoms with van der Waals surface area (Å²) >= 11 is 0. The van der Waals surface area contributed by atoms with E-state index in [9.17, 15) is 35.9 Å². The molecule has 0 fully saturated rings. The van der Waals surface area contributed by atoms with Crippen molar-refractivity contribution in [3.8, 4) is 0 Å². The Kier molecular flexibility index (Phi) is 7.26. The molecule has 12 heteroatoms. The quantitative estimate of drug-likeness (QED) is 0.278. The molecular weight excluding hydrogens is 516 g/mol. The fraction of sp³-hybridized carbons (Fsp3) is 0.346. The van der Waals surface area contributed by atoms with Gasteiger partial charge in [-0.15, -0.1) is 0 Å². The molecule has 0 bridgehead atoms. The highest BCUT2D eigenvalue weighted by Crippen LogP contribution is 2.40. The molecule has 0 saturated carbocycles. The summed E-state index contributed by atoms with van der Waals surface area (Å²) in [7, 11) is 0. The monoisotopic (exact) mass is 539 g/mol. The van der Waals surface area contributed by atoms with Crippen LogP contribution in [0, 0.1) is 0 Å². The molecule has 0 amide bonds. The number of carbonyl (C=O) groups excluding carboxylic acids is 1. The Bertz CT molecular complexity index is 1350. The molecule has 4 rings (SSSR count). The molecule has 1 atom stereocenters. The van der Waals surface area contributed by atoms with Crippen molar-refractivity contribution in [2.45, 2.75) is 51.1 Å². The van der Waals surface area contributed by atoms with Gasteiger partial charge in [0.1, 0.15) is 5.82 Å². The van der Waals surface area contributed by atoms with E-state index in [-0.39, 0.29) is 43.0 Å². The van der Waals surface area contributed by atoms with Crippen LogP contribution in [0.5, 0.6) is 0 Å². The standard InChI is InChI=1S/C26H23F6N3O3/c1-15(16-7-9-17(10-8-16)24(37)38)13-20(36)21-22(26(30,31)32)33-35-12-4-11-34(23(21)35)14-18-5-2-3-6-19(18)25(27,28)29/h2-3,5-10,15H,4,11-14H2,1H3,(H,37,38)/t15-/m1/s1. The molecule has 38 heavy (non-hydrogen) atoms. The van der Waals surface area contributed by atoms with Crippen molar-refractivity contribution >= 4 is 17.6 Å². The van der Waals surface area contributed by atoms with Gasteiger partial charge in [0.25, 0.3) is 0 Å². The third kappa shape index (κ3) is 5.53. The van der Waals surface area contributed by atoms with Crippen LogP contribution in [0.2, 0.25) is 0 Å². The highest BCUT2D eigenvalue weighted by atomic mass is 19.4. The number of halogens is 6. The van der Waals surface area contributed by atoms with Crippen LogP contribution in [0.1, 0.15) is 68.8 Å². The number of ketones is 1. The summed E-state index contributed by atoms with van der Waals surface area (Å²) < 4.78 is 83.7. The lowest BCUT2D eigenvalue weighted by molar-refractivity contribution is -0.142. The van der Waals surface area contributed by atoms with Gasteiger partial charge in [-0.3, -0.25) is 4.79 Å². The summed E-state index contributed by atoms with van der Waals surface area (Å²) in [6.45, 7) is 1.48. The van der Waals surface area contributed by atoms with Crippen molar-refractivity contribution < 1.29 is 41.0 Å². The Morgan fingerprint density at radius 1 is 0.974 bits per heavy atom. The fourth-order valence-electron chi connectivity index (χ4n) is 4.65. The number of Topliss-reactive ketones (excluding diaryl/α,β-unsaturated/α-hetero) is 1. The molecule has 1 aliphatic rings. The summed E-state index contributed by atoms with van der Waals surface area (Å²) in [6, 6.07) is 10.4. The van der Waals surface area contributed by atoms with Crippen LogP contribution in [-0.2, 0) is 25.4 Å². The highest BCUT2D eigenvalue weighted by molar-refractivity contribution is 6.02. The van der Waals surface area contributed by atoms with E-state index in [0.717, 1.165) is 10.7 Å². The zero-order valence-electron chi connectivity index (χ0n) is 20.1. The number of anilines is 1. The maximum Gasteiger partial charge on any atom is 0.435 e. The molecule has 1 aliphatic heterocycles. The molecule has 1 aromatic heterocycles. The predicted octanol–water partition coefficient (Wildman–Crippen LogP) is 6.41. The van der Waals surface area contributed by atoms with Gasteiger partial charge in [0.2, 0.25) is 0 Å². The number of nitrogens with zero attached hydrogens (tertiary/aromatic N) is 3. The zero-order valence-corrected chi connectivity index (χ0v) is 20.1.